The van der Waals surface area contributed by atoms with E-state index < -0.39 is 26.8 Å². The molecule has 0 spiro atoms. The molecule has 1 fully saturated rings. The summed E-state index contributed by atoms with van der Waals surface area (Å²) in [5, 5.41) is 8.19. The van der Waals surface area contributed by atoms with Crippen molar-refractivity contribution < 1.29 is 17.9 Å². The summed E-state index contributed by atoms with van der Waals surface area (Å²) in [4.78, 5) is 13.3. The number of nitrogens with zero attached hydrogens (tertiary/aromatic N) is 2. The van der Waals surface area contributed by atoms with Gasteiger partial charge >= 0.3 is 6.09 Å². The summed E-state index contributed by atoms with van der Waals surface area (Å²) in [5.41, 5.74) is -0.313. The number of likely N-dealkylation sites (tertiary alicyclic amines) is 1. The number of ether oxygens (including phenoxy) is 1. The molecule has 0 saturated carbocycles. The molecule has 1 aromatic carbocycles. The molecule has 0 radical (unpaired) electrons. The number of rotatable bonds is 2. The third-order valence-corrected chi connectivity index (χ3v) is 5.32. The van der Waals surface area contributed by atoms with Crippen LogP contribution in [0.5, 0.6) is 0 Å². The monoisotopic (exact) mass is 322 g/mol. The lowest BCUT2D eigenvalue weighted by molar-refractivity contribution is 0.0139. The van der Waals surface area contributed by atoms with E-state index in [1.54, 1.807) is 26.8 Å². The summed E-state index contributed by atoms with van der Waals surface area (Å²) in [5.74, 6) is 0. The van der Waals surface area contributed by atoms with E-state index >= 15 is 0 Å². The van der Waals surface area contributed by atoms with E-state index in [1.807, 2.05) is 6.07 Å². The fourth-order valence-electron chi connectivity index (χ4n) is 2.05. The summed E-state index contributed by atoms with van der Waals surface area (Å²) in [7, 11) is -3.55. The van der Waals surface area contributed by atoms with E-state index in [0.717, 1.165) is 0 Å². The van der Waals surface area contributed by atoms with Gasteiger partial charge in [-0.2, -0.15) is 5.26 Å². The zero-order chi connectivity index (χ0) is 16.5. The maximum atomic E-state index is 12.4. The zero-order valence-electron chi connectivity index (χ0n) is 12.7. The minimum Gasteiger partial charge on any atom is -0.444 e. The molecular weight excluding hydrogens is 304 g/mol. The van der Waals surface area contributed by atoms with Crippen LogP contribution in [0.1, 0.15) is 26.3 Å². The van der Waals surface area contributed by atoms with Crippen LogP contribution >= 0.6 is 0 Å². The SMILES string of the molecule is CC(C)(C)OC(=O)N1CC(S(=O)(=O)c2cccc(C#N)c2)C1. The van der Waals surface area contributed by atoms with Crippen LogP contribution in [0.4, 0.5) is 4.79 Å². The zero-order valence-corrected chi connectivity index (χ0v) is 13.6. The van der Waals surface area contributed by atoms with Crippen LogP contribution in [0.2, 0.25) is 0 Å². The van der Waals surface area contributed by atoms with Crippen molar-refractivity contribution in [3.05, 3.63) is 29.8 Å². The van der Waals surface area contributed by atoms with Gasteiger partial charge in [-0.3, -0.25) is 0 Å². The fourth-order valence-corrected chi connectivity index (χ4v) is 3.74. The highest BCUT2D eigenvalue weighted by molar-refractivity contribution is 7.92. The maximum absolute atomic E-state index is 12.4. The minimum atomic E-state index is -3.55. The Labute approximate surface area is 130 Å². The Morgan fingerprint density at radius 2 is 2.00 bits per heavy atom. The molecule has 0 aliphatic carbocycles. The second-order valence-corrected chi connectivity index (χ2v) is 8.42. The van der Waals surface area contributed by atoms with E-state index in [0.29, 0.717) is 5.56 Å². The van der Waals surface area contributed by atoms with Crippen LogP contribution in [0, 0.1) is 11.3 Å². The molecule has 1 heterocycles. The van der Waals surface area contributed by atoms with Gasteiger partial charge in [-0.05, 0) is 39.0 Å². The second-order valence-electron chi connectivity index (χ2n) is 6.19. The molecule has 6 nitrogen and oxygen atoms in total. The number of amides is 1. The molecule has 118 valence electrons. The molecule has 0 aromatic heterocycles. The van der Waals surface area contributed by atoms with Crippen LogP contribution in [0.15, 0.2) is 29.2 Å². The molecule has 7 heteroatoms. The van der Waals surface area contributed by atoms with Crippen LogP contribution < -0.4 is 0 Å². The molecule has 1 aliphatic heterocycles. The maximum Gasteiger partial charge on any atom is 0.410 e. The molecule has 0 atom stereocenters. The predicted octanol–water partition coefficient (Wildman–Crippen LogP) is 1.95. The van der Waals surface area contributed by atoms with E-state index in [2.05, 4.69) is 0 Å². The Bertz CT molecular complexity index is 723. The van der Waals surface area contributed by atoms with Crippen molar-refractivity contribution >= 4 is 15.9 Å². The van der Waals surface area contributed by atoms with Gasteiger partial charge in [0.05, 0.1) is 16.5 Å². The molecule has 1 aliphatic rings. The van der Waals surface area contributed by atoms with Gasteiger partial charge in [-0.1, -0.05) is 6.07 Å². The molecule has 2 rings (SSSR count). The van der Waals surface area contributed by atoms with Gasteiger partial charge in [-0.15, -0.1) is 0 Å². The van der Waals surface area contributed by atoms with Crippen LogP contribution in [0.3, 0.4) is 0 Å². The molecule has 1 saturated heterocycles. The van der Waals surface area contributed by atoms with E-state index in [1.165, 1.54) is 23.1 Å². The number of carbonyl (C=O) groups is 1. The number of sulfone groups is 1. The Kier molecular flexibility index (Phi) is 4.16. The predicted molar refractivity (Wildman–Crippen MR) is 79.9 cm³/mol. The number of carbonyl (C=O) groups excluding carboxylic acids is 1. The first-order chi connectivity index (χ1) is 10.1. The second kappa shape index (κ2) is 5.61. The van der Waals surface area contributed by atoms with E-state index in [4.69, 9.17) is 10.00 Å². The van der Waals surface area contributed by atoms with Crippen molar-refractivity contribution in [2.75, 3.05) is 13.1 Å². The van der Waals surface area contributed by atoms with Crippen molar-refractivity contribution in [3.63, 3.8) is 0 Å². The quantitative estimate of drug-likeness (QED) is 0.830. The van der Waals surface area contributed by atoms with Crippen molar-refractivity contribution in [2.45, 2.75) is 36.5 Å². The normalized spacial score (nSPS) is 15.8. The molecule has 1 aromatic rings. The topological polar surface area (TPSA) is 87.5 Å². The largest absolute Gasteiger partial charge is 0.444 e. The highest BCUT2D eigenvalue weighted by Crippen LogP contribution is 2.25. The third kappa shape index (κ3) is 3.39. The van der Waals surface area contributed by atoms with Gasteiger partial charge in [0, 0.05) is 13.1 Å². The third-order valence-electron chi connectivity index (χ3n) is 3.23. The molecule has 1 amide bonds. The number of benzene rings is 1. The summed E-state index contributed by atoms with van der Waals surface area (Å²) in [6, 6.07) is 7.82. The van der Waals surface area contributed by atoms with Gasteiger partial charge in [0.15, 0.2) is 9.84 Å². The standard InChI is InChI=1S/C15H18N2O4S/c1-15(2,3)21-14(18)17-9-13(10-17)22(19,20)12-6-4-5-11(7-12)8-16/h4-7,13H,9-10H2,1-3H3. The summed E-state index contributed by atoms with van der Waals surface area (Å²) < 4.78 is 30.1. The van der Waals surface area contributed by atoms with E-state index in [-0.39, 0.29) is 18.0 Å². The summed E-state index contributed by atoms with van der Waals surface area (Å²) >= 11 is 0. The molecule has 22 heavy (non-hydrogen) atoms. The summed E-state index contributed by atoms with van der Waals surface area (Å²) in [6.45, 7) is 5.48. The lowest BCUT2D eigenvalue weighted by Gasteiger charge is -2.39. The van der Waals surface area contributed by atoms with Gasteiger partial charge in [0.25, 0.3) is 0 Å². The first-order valence-electron chi connectivity index (χ1n) is 6.85. The Morgan fingerprint density at radius 3 is 2.55 bits per heavy atom. The Morgan fingerprint density at radius 1 is 1.36 bits per heavy atom. The number of nitriles is 1. The van der Waals surface area contributed by atoms with Gasteiger partial charge < -0.3 is 9.64 Å². The van der Waals surface area contributed by atoms with Crippen molar-refractivity contribution in [1.29, 1.82) is 5.26 Å². The first kappa shape index (κ1) is 16.3. The van der Waals surface area contributed by atoms with Crippen molar-refractivity contribution in [1.82, 2.24) is 4.90 Å². The fraction of sp³-hybridized carbons (Fsp3) is 0.467. The lowest BCUT2D eigenvalue weighted by atomic mass is 10.2. The molecule has 0 bridgehead atoms. The van der Waals surface area contributed by atoms with Gasteiger partial charge in [0.1, 0.15) is 10.9 Å². The molecule has 0 unspecified atom stereocenters. The summed E-state index contributed by atoms with van der Waals surface area (Å²) in [6.07, 6.45) is -0.510. The lowest BCUT2D eigenvalue weighted by Crippen LogP contribution is -2.57. The first-order valence-corrected chi connectivity index (χ1v) is 8.40. The van der Waals surface area contributed by atoms with Crippen LogP contribution in [-0.2, 0) is 14.6 Å². The van der Waals surface area contributed by atoms with E-state index in [9.17, 15) is 13.2 Å². The van der Waals surface area contributed by atoms with Crippen molar-refractivity contribution in [2.24, 2.45) is 0 Å². The van der Waals surface area contributed by atoms with Crippen LogP contribution in [0.25, 0.3) is 0 Å². The van der Waals surface area contributed by atoms with Crippen LogP contribution in [-0.4, -0.2) is 43.4 Å². The van der Waals surface area contributed by atoms with Gasteiger partial charge in [0.2, 0.25) is 0 Å². The Hall–Kier alpha value is -2.07. The highest BCUT2D eigenvalue weighted by Gasteiger charge is 2.42. The molecule has 0 N–H and O–H groups in total. The Balaban J connectivity index is 2.06. The average molecular weight is 322 g/mol. The smallest absolute Gasteiger partial charge is 0.410 e. The van der Waals surface area contributed by atoms with Gasteiger partial charge in [-0.25, -0.2) is 13.2 Å². The highest BCUT2D eigenvalue weighted by atomic mass is 32.2. The number of hydrogen-bond acceptors (Lipinski definition) is 5. The average Bonchev–Trinajstić information content (AvgIpc) is 2.34. The minimum absolute atomic E-state index is 0.105. The van der Waals surface area contributed by atoms with Crippen molar-refractivity contribution in [3.8, 4) is 6.07 Å². The number of hydrogen-bond donors (Lipinski definition) is 0. The molecular formula is C15H18N2O4S.